The Balaban J connectivity index is 0.000000270. The van der Waals surface area contributed by atoms with E-state index in [1.165, 1.54) is 0 Å². The number of carboxylic acids is 1. The standard InChI is InChI=1S/C21H22N6O.C8H8O3/c1-27-11-10-16(24-21(28)23-15-8-6-14(13-22)7-9-15)12-19(27)20-25-17-4-2-3-5-18(17)26-20;9-7(8(10)11)6-4-2-1-3-5-6/h2-9,16,19H,10-12H2,1H3,(H,25,26)(H2,23,24,28);1-5,7,9H,(H,10,11)/t16-,19-;7-/m10/s1. The molecule has 200 valence electrons. The van der Waals surface area contributed by atoms with Gasteiger partial charge in [0.2, 0.25) is 0 Å². The van der Waals surface area contributed by atoms with Gasteiger partial charge in [-0.2, -0.15) is 5.26 Å². The Morgan fingerprint density at radius 1 is 1.08 bits per heavy atom. The molecule has 4 aromatic rings. The Bertz CT molecular complexity index is 1420. The fourth-order valence-electron chi connectivity index (χ4n) is 4.42. The van der Waals surface area contributed by atoms with E-state index in [-0.39, 0.29) is 18.1 Å². The number of carbonyl (C=O) groups excluding carboxylic acids is 1. The molecule has 1 aliphatic rings. The molecule has 5 rings (SSSR count). The second kappa shape index (κ2) is 12.7. The van der Waals surface area contributed by atoms with Crippen LogP contribution in [0.4, 0.5) is 10.5 Å². The third-order valence-corrected chi connectivity index (χ3v) is 6.55. The van der Waals surface area contributed by atoms with Crippen molar-refractivity contribution in [2.75, 3.05) is 18.9 Å². The lowest BCUT2D eigenvalue weighted by molar-refractivity contribution is -0.146. The minimum Gasteiger partial charge on any atom is -0.479 e. The molecule has 1 saturated heterocycles. The average molecular weight is 527 g/mol. The van der Waals surface area contributed by atoms with Crippen molar-refractivity contribution in [3.05, 3.63) is 95.8 Å². The third-order valence-electron chi connectivity index (χ3n) is 6.55. The van der Waals surface area contributed by atoms with Crippen LogP contribution < -0.4 is 10.6 Å². The number of amides is 2. The quantitative estimate of drug-likeness (QED) is 0.261. The summed E-state index contributed by atoms with van der Waals surface area (Å²) in [5.74, 6) is -0.293. The number of benzene rings is 3. The van der Waals surface area contributed by atoms with Gasteiger partial charge in [0.05, 0.1) is 28.7 Å². The van der Waals surface area contributed by atoms with Crippen LogP contribution in [0.25, 0.3) is 11.0 Å². The lowest BCUT2D eigenvalue weighted by atomic mass is 9.97. The van der Waals surface area contributed by atoms with E-state index in [0.29, 0.717) is 16.8 Å². The molecule has 0 spiro atoms. The third kappa shape index (κ3) is 7.19. The number of rotatable bonds is 5. The summed E-state index contributed by atoms with van der Waals surface area (Å²) in [6.45, 7) is 0.878. The molecule has 0 bridgehead atoms. The number of carboxylic acid groups (broad SMARTS) is 1. The number of likely N-dealkylation sites (tertiary alicyclic amines) is 1. The number of hydrogen-bond acceptors (Lipinski definition) is 6. The number of nitriles is 1. The molecular formula is C29H30N6O4. The van der Waals surface area contributed by atoms with E-state index in [1.807, 2.05) is 24.3 Å². The maximum Gasteiger partial charge on any atom is 0.337 e. The molecule has 10 nitrogen and oxygen atoms in total. The molecule has 10 heteroatoms. The average Bonchev–Trinajstić information content (AvgIpc) is 3.39. The van der Waals surface area contributed by atoms with Gasteiger partial charge in [0, 0.05) is 18.3 Å². The molecule has 0 saturated carbocycles. The number of aliphatic carboxylic acids is 1. The van der Waals surface area contributed by atoms with Gasteiger partial charge in [-0.1, -0.05) is 42.5 Å². The summed E-state index contributed by atoms with van der Waals surface area (Å²) in [5.41, 5.74) is 3.62. The summed E-state index contributed by atoms with van der Waals surface area (Å²) in [7, 11) is 2.09. The first-order valence-corrected chi connectivity index (χ1v) is 12.5. The zero-order chi connectivity index (χ0) is 27.8. The molecule has 1 aliphatic heterocycles. The van der Waals surface area contributed by atoms with Gasteiger partial charge in [0.15, 0.2) is 6.10 Å². The van der Waals surface area contributed by atoms with Gasteiger partial charge in [0.25, 0.3) is 0 Å². The van der Waals surface area contributed by atoms with Gasteiger partial charge >= 0.3 is 12.0 Å². The van der Waals surface area contributed by atoms with E-state index in [9.17, 15) is 9.59 Å². The zero-order valence-corrected chi connectivity index (χ0v) is 21.4. The highest BCUT2D eigenvalue weighted by Gasteiger charge is 2.30. The van der Waals surface area contributed by atoms with Crippen molar-refractivity contribution in [2.45, 2.75) is 31.0 Å². The fraction of sp³-hybridized carbons (Fsp3) is 0.241. The van der Waals surface area contributed by atoms with Crippen molar-refractivity contribution in [1.29, 1.82) is 5.26 Å². The maximum absolute atomic E-state index is 12.4. The monoisotopic (exact) mass is 526 g/mol. The van der Waals surface area contributed by atoms with Crippen LogP contribution in [0.5, 0.6) is 0 Å². The SMILES string of the molecule is CN1CC[C@@H](NC(=O)Nc2ccc(C#N)cc2)C[C@@H]1c1nc2ccccc2[nH]1.O=C(O)[C@@H](O)c1ccccc1. The Hall–Kier alpha value is -4.72. The van der Waals surface area contributed by atoms with E-state index >= 15 is 0 Å². The van der Waals surface area contributed by atoms with Crippen LogP contribution >= 0.6 is 0 Å². The van der Waals surface area contributed by atoms with E-state index in [1.54, 1.807) is 54.6 Å². The van der Waals surface area contributed by atoms with Gasteiger partial charge in [0.1, 0.15) is 5.82 Å². The van der Waals surface area contributed by atoms with Crippen LogP contribution in [0.1, 0.15) is 41.9 Å². The fourth-order valence-corrected chi connectivity index (χ4v) is 4.42. The Morgan fingerprint density at radius 2 is 1.77 bits per heavy atom. The minimum absolute atomic E-state index is 0.0628. The molecule has 3 atom stereocenters. The highest BCUT2D eigenvalue weighted by molar-refractivity contribution is 5.89. The van der Waals surface area contributed by atoms with Gasteiger partial charge in [-0.3, -0.25) is 4.90 Å². The number of nitrogens with one attached hydrogen (secondary N) is 3. The van der Waals surface area contributed by atoms with Crippen molar-refractivity contribution >= 4 is 28.7 Å². The van der Waals surface area contributed by atoms with Crippen LogP contribution in [0.15, 0.2) is 78.9 Å². The van der Waals surface area contributed by atoms with Crippen molar-refractivity contribution in [2.24, 2.45) is 0 Å². The van der Waals surface area contributed by atoms with E-state index in [4.69, 9.17) is 20.5 Å². The number of H-pyrrole nitrogens is 1. The summed E-state index contributed by atoms with van der Waals surface area (Å²) >= 11 is 0. The zero-order valence-electron chi connectivity index (χ0n) is 21.4. The first-order chi connectivity index (χ1) is 18.8. The lowest BCUT2D eigenvalue weighted by Crippen LogP contribution is -2.46. The summed E-state index contributed by atoms with van der Waals surface area (Å²) in [6, 6.07) is 25.1. The van der Waals surface area contributed by atoms with Crippen molar-refractivity contribution < 1.29 is 19.8 Å². The molecule has 5 N–H and O–H groups in total. The number of aliphatic hydroxyl groups is 1. The molecule has 2 heterocycles. The molecule has 1 aromatic heterocycles. The predicted molar refractivity (Wildman–Crippen MR) is 147 cm³/mol. The van der Waals surface area contributed by atoms with Crippen LogP contribution in [-0.4, -0.2) is 56.7 Å². The van der Waals surface area contributed by atoms with E-state index in [2.05, 4.69) is 33.6 Å². The van der Waals surface area contributed by atoms with Crippen molar-refractivity contribution in [1.82, 2.24) is 20.2 Å². The van der Waals surface area contributed by atoms with Crippen molar-refractivity contribution in [3.8, 4) is 6.07 Å². The van der Waals surface area contributed by atoms with Gasteiger partial charge in [-0.25, -0.2) is 14.6 Å². The molecule has 1 fully saturated rings. The Morgan fingerprint density at radius 3 is 2.44 bits per heavy atom. The second-order valence-corrected chi connectivity index (χ2v) is 9.30. The van der Waals surface area contributed by atoms with Crippen LogP contribution in [0, 0.1) is 11.3 Å². The lowest BCUT2D eigenvalue weighted by Gasteiger charge is -2.36. The first kappa shape index (κ1) is 27.3. The highest BCUT2D eigenvalue weighted by atomic mass is 16.4. The van der Waals surface area contributed by atoms with Crippen LogP contribution in [0.2, 0.25) is 0 Å². The summed E-state index contributed by atoms with van der Waals surface area (Å²) < 4.78 is 0. The summed E-state index contributed by atoms with van der Waals surface area (Å²) in [6.07, 6.45) is 0.265. The van der Waals surface area contributed by atoms with Gasteiger partial charge < -0.3 is 25.8 Å². The van der Waals surface area contributed by atoms with Crippen LogP contribution in [0.3, 0.4) is 0 Å². The first-order valence-electron chi connectivity index (χ1n) is 12.5. The number of fused-ring (bicyclic) bond motifs is 1. The molecule has 0 aliphatic carbocycles. The molecule has 39 heavy (non-hydrogen) atoms. The van der Waals surface area contributed by atoms with Gasteiger partial charge in [-0.05, 0) is 61.9 Å². The smallest absolute Gasteiger partial charge is 0.337 e. The number of anilines is 1. The number of aromatic nitrogens is 2. The number of hydrogen-bond donors (Lipinski definition) is 5. The maximum atomic E-state index is 12.4. The van der Waals surface area contributed by atoms with Gasteiger partial charge in [-0.15, -0.1) is 0 Å². The van der Waals surface area contributed by atoms with Crippen molar-refractivity contribution in [3.63, 3.8) is 0 Å². The molecular weight excluding hydrogens is 496 g/mol. The highest BCUT2D eigenvalue weighted by Crippen LogP contribution is 2.29. The Labute approximate surface area is 225 Å². The molecule has 0 radical (unpaired) electrons. The van der Waals surface area contributed by atoms with E-state index < -0.39 is 12.1 Å². The topological polar surface area (TPSA) is 154 Å². The largest absolute Gasteiger partial charge is 0.479 e. The summed E-state index contributed by atoms with van der Waals surface area (Å²) in [5, 5.41) is 32.1. The number of nitrogens with zero attached hydrogens (tertiary/aromatic N) is 3. The number of para-hydroxylation sites is 2. The number of imidazole rings is 1. The number of aliphatic hydroxyl groups excluding tert-OH is 1. The Kier molecular flexibility index (Phi) is 8.89. The number of urea groups is 1. The van der Waals surface area contributed by atoms with E-state index in [0.717, 1.165) is 36.2 Å². The molecule has 3 aromatic carbocycles. The number of aromatic amines is 1. The molecule has 0 unspecified atom stereocenters. The predicted octanol–water partition coefficient (Wildman–Crippen LogP) is 4.20. The van der Waals surface area contributed by atoms with Crippen LogP contribution in [-0.2, 0) is 4.79 Å². The second-order valence-electron chi connectivity index (χ2n) is 9.30. The number of carbonyl (C=O) groups is 2. The summed E-state index contributed by atoms with van der Waals surface area (Å²) in [4.78, 5) is 33.0. The molecule has 2 amide bonds. The minimum atomic E-state index is -1.41. The normalized spacial score (nSPS) is 17.8. The number of piperidine rings is 1.